The number of likely N-dealkylation sites (N-methyl/N-ethyl adjacent to an activating group) is 1. The number of hydrogen-bond acceptors (Lipinski definition) is 7. The molecule has 6 atom stereocenters. The SMILES string of the molecule is CN[C@]12C(=O)N(c3cnc(C#N)c(C(F)(F)F)c3)C(O)C1C1(C)C[C@@H](O)C2(C)O1. The lowest BCUT2D eigenvalue weighted by Gasteiger charge is -2.44. The quantitative estimate of drug-likeness (QED) is 0.648. The van der Waals surface area contributed by atoms with Crippen LogP contribution in [-0.4, -0.2) is 57.2 Å². The van der Waals surface area contributed by atoms with Crippen LogP contribution in [0.15, 0.2) is 12.3 Å². The lowest BCUT2D eigenvalue weighted by Crippen LogP contribution is -2.70. The Bertz CT molecular complexity index is 950. The topological polar surface area (TPSA) is 119 Å². The minimum atomic E-state index is -4.87. The third-order valence-electron chi connectivity index (χ3n) is 6.66. The molecule has 1 aromatic rings. The molecule has 4 heterocycles. The molecule has 3 aliphatic heterocycles. The second kappa shape index (κ2) is 5.66. The Kier molecular flexibility index (Phi) is 3.91. The van der Waals surface area contributed by atoms with Crippen molar-refractivity contribution in [2.24, 2.45) is 5.92 Å². The van der Waals surface area contributed by atoms with Crippen molar-refractivity contribution in [1.82, 2.24) is 10.3 Å². The van der Waals surface area contributed by atoms with E-state index in [1.807, 2.05) is 0 Å². The standard InChI is InChI=1S/C18H19F3N4O4/c1-15-5-11(26)16(2,29-15)17(23-3)12(15)13(27)25(14(17)28)8-4-9(18(19,20)21)10(6-22)24-7-8/h4,7,11-13,23,26-27H,5H2,1-3H3/t11-,12?,13?,15?,16?,17+/m1/s1. The van der Waals surface area contributed by atoms with Crippen molar-refractivity contribution in [3.05, 3.63) is 23.5 Å². The van der Waals surface area contributed by atoms with E-state index in [2.05, 4.69) is 10.3 Å². The number of alkyl halides is 3. The minimum Gasteiger partial charge on any atom is -0.390 e. The molecule has 3 N–H and O–H groups in total. The number of amides is 1. The Labute approximate surface area is 163 Å². The molecule has 0 spiro atoms. The van der Waals surface area contributed by atoms with E-state index in [0.29, 0.717) is 6.07 Å². The molecule has 0 saturated carbocycles. The highest BCUT2D eigenvalue weighted by molar-refractivity contribution is 6.05. The van der Waals surface area contributed by atoms with Gasteiger partial charge in [-0.15, -0.1) is 0 Å². The van der Waals surface area contributed by atoms with Crippen molar-refractivity contribution in [2.45, 2.75) is 55.5 Å². The molecule has 4 rings (SSSR count). The molecule has 3 saturated heterocycles. The number of aromatic nitrogens is 1. The van der Waals surface area contributed by atoms with Crippen molar-refractivity contribution >= 4 is 11.6 Å². The summed E-state index contributed by atoms with van der Waals surface area (Å²) in [6.07, 6.45) is -6.30. The molecule has 1 amide bonds. The van der Waals surface area contributed by atoms with E-state index in [-0.39, 0.29) is 12.1 Å². The van der Waals surface area contributed by atoms with Crippen molar-refractivity contribution in [2.75, 3.05) is 11.9 Å². The van der Waals surface area contributed by atoms with Crippen LogP contribution in [0.1, 0.15) is 31.5 Å². The fraction of sp³-hybridized carbons (Fsp3) is 0.611. The zero-order valence-electron chi connectivity index (χ0n) is 15.8. The first-order valence-electron chi connectivity index (χ1n) is 8.93. The molecule has 0 aliphatic carbocycles. The van der Waals surface area contributed by atoms with Crippen LogP contribution in [-0.2, 0) is 15.7 Å². The Morgan fingerprint density at radius 3 is 2.62 bits per heavy atom. The van der Waals surface area contributed by atoms with Gasteiger partial charge < -0.3 is 20.3 Å². The number of carbonyl (C=O) groups is 1. The van der Waals surface area contributed by atoms with Crippen LogP contribution in [0.5, 0.6) is 0 Å². The van der Waals surface area contributed by atoms with E-state index in [9.17, 15) is 28.2 Å². The summed E-state index contributed by atoms with van der Waals surface area (Å²) in [5, 5.41) is 33.4. The van der Waals surface area contributed by atoms with E-state index in [4.69, 9.17) is 10.00 Å². The first-order chi connectivity index (χ1) is 13.4. The third-order valence-corrected chi connectivity index (χ3v) is 6.66. The number of fused-ring (bicyclic) bond motifs is 5. The van der Waals surface area contributed by atoms with Gasteiger partial charge in [0.15, 0.2) is 5.69 Å². The van der Waals surface area contributed by atoms with E-state index in [0.717, 1.165) is 11.1 Å². The summed E-state index contributed by atoms with van der Waals surface area (Å²) in [6, 6.07) is 2.01. The Morgan fingerprint density at radius 1 is 1.41 bits per heavy atom. The molecular formula is C18H19F3N4O4. The summed E-state index contributed by atoms with van der Waals surface area (Å²) in [7, 11) is 1.48. The van der Waals surface area contributed by atoms with Gasteiger partial charge in [-0.3, -0.25) is 9.69 Å². The number of carbonyl (C=O) groups excluding carboxylic acids is 1. The lowest BCUT2D eigenvalue weighted by atomic mass is 9.62. The van der Waals surface area contributed by atoms with Crippen LogP contribution in [0.25, 0.3) is 0 Å². The first kappa shape index (κ1) is 20.0. The van der Waals surface area contributed by atoms with Crippen LogP contribution >= 0.6 is 0 Å². The van der Waals surface area contributed by atoms with E-state index < -0.39 is 58.3 Å². The average Bonchev–Trinajstić information content (AvgIpc) is 3.11. The molecule has 1 aromatic heterocycles. The van der Waals surface area contributed by atoms with Gasteiger partial charge in [0.1, 0.15) is 23.4 Å². The fourth-order valence-electron chi connectivity index (χ4n) is 5.49. The van der Waals surface area contributed by atoms with Gasteiger partial charge in [0.25, 0.3) is 5.91 Å². The number of pyridine rings is 1. The summed E-state index contributed by atoms with van der Waals surface area (Å²) >= 11 is 0. The van der Waals surface area contributed by atoms with E-state index >= 15 is 0 Å². The zero-order chi connectivity index (χ0) is 21.6. The molecule has 8 nitrogen and oxygen atoms in total. The number of rotatable bonds is 2. The highest BCUT2D eigenvalue weighted by atomic mass is 19.4. The van der Waals surface area contributed by atoms with Gasteiger partial charge in [0.05, 0.1) is 35.1 Å². The molecule has 4 unspecified atom stereocenters. The molecule has 3 aliphatic rings. The summed E-state index contributed by atoms with van der Waals surface area (Å²) in [5.41, 5.74) is -6.44. The third kappa shape index (κ3) is 2.17. The number of ether oxygens (including phenoxy) is 1. The zero-order valence-corrected chi connectivity index (χ0v) is 15.8. The monoisotopic (exact) mass is 412 g/mol. The number of aliphatic hydroxyl groups is 2. The average molecular weight is 412 g/mol. The Morgan fingerprint density at radius 2 is 2.07 bits per heavy atom. The second-order valence-corrected chi connectivity index (χ2v) is 8.07. The summed E-state index contributed by atoms with van der Waals surface area (Å²) in [6.45, 7) is 3.20. The first-order valence-corrected chi connectivity index (χ1v) is 8.93. The lowest BCUT2D eigenvalue weighted by molar-refractivity contribution is -0.139. The Balaban J connectivity index is 1.88. The molecule has 29 heavy (non-hydrogen) atoms. The summed E-state index contributed by atoms with van der Waals surface area (Å²) < 4.78 is 46.1. The molecule has 0 aromatic carbocycles. The van der Waals surface area contributed by atoms with Gasteiger partial charge in [-0.25, -0.2) is 4.98 Å². The number of halogens is 3. The van der Waals surface area contributed by atoms with Gasteiger partial charge in [0, 0.05) is 6.42 Å². The number of anilines is 1. The van der Waals surface area contributed by atoms with Crippen LogP contribution < -0.4 is 10.2 Å². The summed E-state index contributed by atoms with van der Waals surface area (Å²) in [5.74, 6) is -1.59. The summed E-state index contributed by atoms with van der Waals surface area (Å²) in [4.78, 5) is 17.9. The van der Waals surface area contributed by atoms with Crippen molar-refractivity contribution in [3.63, 3.8) is 0 Å². The maximum atomic E-state index is 13.5. The molecule has 0 radical (unpaired) electrons. The van der Waals surface area contributed by atoms with Crippen molar-refractivity contribution in [3.8, 4) is 6.07 Å². The molecular weight excluding hydrogens is 393 g/mol. The van der Waals surface area contributed by atoms with Gasteiger partial charge in [-0.2, -0.15) is 18.4 Å². The minimum absolute atomic E-state index is 0.162. The van der Waals surface area contributed by atoms with E-state index in [1.165, 1.54) is 13.1 Å². The van der Waals surface area contributed by atoms with Gasteiger partial charge >= 0.3 is 6.18 Å². The normalized spacial score (nSPS) is 41.0. The number of nitriles is 1. The van der Waals surface area contributed by atoms with E-state index in [1.54, 1.807) is 13.8 Å². The highest BCUT2D eigenvalue weighted by Gasteiger charge is 2.83. The molecule has 3 fully saturated rings. The molecule has 2 bridgehead atoms. The van der Waals surface area contributed by atoms with Gasteiger partial charge in [0.2, 0.25) is 0 Å². The largest absolute Gasteiger partial charge is 0.419 e. The van der Waals surface area contributed by atoms with Crippen LogP contribution in [0.2, 0.25) is 0 Å². The number of nitrogens with zero attached hydrogens (tertiary/aromatic N) is 3. The van der Waals surface area contributed by atoms with Crippen LogP contribution in [0, 0.1) is 17.2 Å². The van der Waals surface area contributed by atoms with Crippen molar-refractivity contribution < 1.29 is 32.9 Å². The molecule has 156 valence electrons. The predicted molar refractivity (Wildman–Crippen MR) is 91.2 cm³/mol. The number of aliphatic hydroxyl groups excluding tert-OH is 2. The van der Waals surface area contributed by atoms with Gasteiger partial charge in [-0.1, -0.05) is 0 Å². The maximum Gasteiger partial charge on any atom is 0.419 e. The van der Waals surface area contributed by atoms with Crippen LogP contribution in [0.4, 0.5) is 18.9 Å². The van der Waals surface area contributed by atoms with Gasteiger partial charge in [-0.05, 0) is 27.0 Å². The highest BCUT2D eigenvalue weighted by Crippen LogP contribution is 2.64. The maximum absolute atomic E-state index is 13.5. The van der Waals surface area contributed by atoms with Crippen LogP contribution in [0.3, 0.4) is 0 Å². The second-order valence-electron chi connectivity index (χ2n) is 8.07. The fourth-order valence-corrected chi connectivity index (χ4v) is 5.49. The number of hydrogen-bond donors (Lipinski definition) is 3. The number of nitrogens with one attached hydrogen (secondary N) is 1. The smallest absolute Gasteiger partial charge is 0.390 e. The molecule has 11 heteroatoms. The Hall–Kier alpha value is -2.26. The predicted octanol–water partition coefficient (Wildman–Crippen LogP) is 0.524. The van der Waals surface area contributed by atoms with Crippen molar-refractivity contribution in [1.29, 1.82) is 5.26 Å².